The van der Waals surface area contributed by atoms with E-state index in [1.807, 2.05) is 18.3 Å². The molecular formula is C21H20BrN5O. The summed E-state index contributed by atoms with van der Waals surface area (Å²) >= 11 is 3.60. The maximum atomic E-state index is 5.47. The number of aromatic nitrogens is 4. The van der Waals surface area contributed by atoms with Gasteiger partial charge >= 0.3 is 0 Å². The smallest absolute Gasteiger partial charge is 0.181 e. The fraction of sp³-hybridized carbons (Fsp3) is 0.286. The van der Waals surface area contributed by atoms with Gasteiger partial charge in [-0.25, -0.2) is 9.97 Å². The molecule has 0 atom stereocenters. The number of hydrogen-bond donors (Lipinski definition) is 0. The largest absolute Gasteiger partial charge is 0.378 e. The van der Waals surface area contributed by atoms with E-state index in [4.69, 9.17) is 14.7 Å². The van der Waals surface area contributed by atoms with Gasteiger partial charge in [0.2, 0.25) is 0 Å². The molecule has 0 amide bonds. The van der Waals surface area contributed by atoms with Crippen molar-refractivity contribution in [3.8, 4) is 0 Å². The lowest BCUT2D eigenvalue weighted by atomic mass is 10.1. The Balaban J connectivity index is 1.41. The molecule has 5 rings (SSSR count). The summed E-state index contributed by atoms with van der Waals surface area (Å²) in [5.74, 6) is 0.918. The minimum Gasteiger partial charge on any atom is -0.378 e. The van der Waals surface area contributed by atoms with Crippen molar-refractivity contribution in [2.45, 2.75) is 12.8 Å². The number of fused-ring (bicyclic) bond motifs is 2. The molecule has 6 nitrogen and oxygen atoms in total. The lowest BCUT2D eigenvalue weighted by Gasteiger charge is -2.27. The third-order valence-electron chi connectivity index (χ3n) is 5.08. The Labute approximate surface area is 171 Å². The van der Waals surface area contributed by atoms with Gasteiger partial charge in [-0.3, -0.25) is 9.38 Å². The van der Waals surface area contributed by atoms with Gasteiger partial charge < -0.3 is 9.64 Å². The monoisotopic (exact) mass is 437 g/mol. The van der Waals surface area contributed by atoms with Gasteiger partial charge in [-0.05, 0) is 40.9 Å². The number of imidazole rings is 1. The first-order chi connectivity index (χ1) is 13.8. The molecule has 1 aliphatic rings. The number of para-hydroxylation sites is 1. The summed E-state index contributed by atoms with van der Waals surface area (Å²) in [5.41, 5.74) is 4.05. The van der Waals surface area contributed by atoms with Crippen LogP contribution in [-0.2, 0) is 17.6 Å². The maximum absolute atomic E-state index is 5.47. The zero-order valence-corrected chi connectivity index (χ0v) is 17.0. The predicted molar refractivity (Wildman–Crippen MR) is 113 cm³/mol. The fourth-order valence-electron chi connectivity index (χ4n) is 3.61. The van der Waals surface area contributed by atoms with Crippen LogP contribution in [0.3, 0.4) is 0 Å². The number of morpholine rings is 1. The quantitative estimate of drug-likeness (QED) is 0.487. The number of nitrogens with zero attached hydrogens (tertiary/aromatic N) is 5. The van der Waals surface area contributed by atoms with Crippen molar-refractivity contribution in [1.82, 2.24) is 19.4 Å². The van der Waals surface area contributed by atoms with Crippen molar-refractivity contribution in [3.63, 3.8) is 0 Å². The van der Waals surface area contributed by atoms with E-state index in [2.05, 4.69) is 60.7 Å². The highest BCUT2D eigenvalue weighted by Crippen LogP contribution is 2.24. The van der Waals surface area contributed by atoms with Crippen LogP contribution in [0.4, 0.5) is 5.82 Å². The van der Waals surface area contributed by atoms with Crippen LogP contribution in [0.1, 0.15) is 11.4 Å². The fourth-order valence-corrected chi connectivity index (χ4v) is 3.98. The first kappa shape index (κ1) is 17.6. The van der Waals surface area contributed by atoms with Crippen molar-refractivity contribution in [1.29, 1.82) is 0 Å². The lowest BCUT2D eigenvalue weighted by Crippen LogP contribution is -2.37. The van der Waals surface area contributed by atoms with Crippen LogP contribution < -0.4 is 4.90 Å². The van der Waals surface area contributed by atoms with Crippen molar-refractivity contribution in [2.24, 2.45) is 0 Å². The van der Waals surface area contributed by atoms with Crippen molar-refractivity contribution >= 4 is 38.3 Å². The van der Waals surface area contributed by atoms with Gasteiger partial charge in [-0.2, -0.15) is 0 Å². The van der Waals surface area contributed by atoms with Crippen molar-refractivity contribution in [2.75, 3.05) is 31.2 Å². The number of halogens is 1. The zero-order valence-electron chi connectivity index (χ0n) is 15.4. The molecule has 4 aromatic rings. The lowest BCUT2D eigenvalue weighted by molar-refractivity contribution is 0.122. The highest BCUT2D eigenvalue weighted by molar-refractivity contribution is 9.10. The van der Waals surface area contributed by atoms with Crippen LogP contribution in [0, 0.1) is 0 Å². The van der Waals surface area contributed by atoms with E-state index in [1.54, 1.807) is 0 Å². The summed E-state index contributed by atoms with van der Waals surface area (Å²) < 4.78 is 8.44. The van der Waals surface area contributed by atoms with Crippen LogP contribution in [0.25, 0.3) is 16.6 Å². The highest BCUT2D eigenvalue weighted by atomic mass is 79.9. The molecule has 0 aliphatic carbocycles. The molecule has 1 fully saturated rings. The van der Waals surface area contributed by atoms with Gasteiger partial charge in [-0.15, -0.1) is 0 Å². The molecule has 1 saturated heterocycles. The van der Waals surface area contributed by atoms with Crippen LogP contribution in [0.15, 0.2) is 53.4 Å². The number of hydrogen-bond acceptors (Lipinski definition) is 5. The normalized spacial score (nSPS) is 14.8. The predicted octanol–water partition coefficient (Wildman–Crippen LogP) is 3.66. The zero-order chi connectivity index (χ0) is 18.9. The van der Waals surface area contributed by atoms with Gasteiger partial charge in [0.25, 0.3) is 0 Å². The molecule has 1 aliphatic heterocycles. The molecule has 0 N–H and O–H groups in total. The topological polar surface area (TPSA) is 55.5 Å². The molecule has 7 heteroatoms. The number of anilines is 1. The van der Waals surface area contributed by atoms with Crippen LogP contribution in [0.2, 0.25) is 0 Å². The molecule has 0 spiro atoms. The first-order valence-electron chi connectivity index (χ1n) is 9.48. The summed E-state index contributed by atoms with van der Waals surface area (Å²) in [6.45, 7) is 3.14. The van der Waals surface area contributed by atoms with Gasteiger partial charge in [0.15, 0.2) is 11.5 Å². The number of benzene rings is 1. The van der Waals surface area contributed by atoms with E-state index < -0.39 is 0 Å². The third-order valence-corrected chi connectivity index (χ3v) is 5.67. The van der Waals surface area contributed by atoms with Gasteiger partial charge in [0.1, 0.15) is 4.60 Å². The summed E-state index contributed by atoms with van der Waals surface area (Å²) in [6, 6.07) is 12.5. The first-order valence-corrected chi connectivity index (χ1v) is 10.3. The standard InChI is InChI=1S/C21H20BrN5O/c22-19-13-23-20(26-9-11-28-12-10-26)21-25-17(14-27(19)21)8-7-16-6-5-15-3-1-2-4-18(15)24-16/h1-6,13-14H,7-12H2. The van der Waals surface area contributed by atoms with E-state index >= 15 is 0 Å². The van der Waals surface area contributed by atoms with Gasteiger partial charge in [0, 0.05) is 30.4 Å². The molecule has 142 valence electrons. The Kier molecular flexibility index (Phi) is 4.70. The summed E-state index contributed by atoms with van der Waals surface area (Å²) in [5, 5.41) is 1.17. The SMILES string of the molecule is Brc1cnc(N2CCOCC2)c2nc(CCc3ccc4ccccc4n3)cn12. The van der Waals surface area contributed by atoms with E-state index in [0.717, 1.165) is 72.1 Å². The second kappa shape index (κ2) is 7.48. The Morgan fingerprint density at radius 3 is 2.68 bits per heavy atom. The number of ether oxygens (including phenoxy) is 1. The number of rotatable bonds is 4. The Morgan fingerprint density at radius 2 is 1.79 bits per heavy atom. The second-order valence-corrected chi connectivity index (χ2v) is 7.74. The van der Waals surface area contributed by atoms with E-state index in [-0.39, 0.29) is 0 Å². The van der Waals surface area contributed by atoms with Gasteiger partial charge in [0.05, 0.1) is 30.6 Å². The molecule has 0 unspecified atom stereocenters. The third kappa shape index (κ3) is 3.36. The summed E-state index contributed by atoms with van der Waals surface area (Å²) in [7, 11) is 0. The van der Waals surface area contributed by atoms with Crippen molar-refractivity contribution < 1.29 is 4.74 Å². The summed E-state index contributed by atoms with van der Waals surface area (Å²) in [4.78, 5) is 16.5. The van der Waals surface area contributed by atoms with E-state index in [1.165, 1.54) is 5.39 Å². The molecule has 0 bridgehead atoms. The van der Waals surface area contributed by atoms with Crippen molar-refractivity contribution in [3.05, 3.63) is 64.8 Å². The van der Waals surface area contributed by atoms with E-state index in [9.17, 15) is 0 Å². The summed E-state index contributed by atoms with van der Waals surface area (Å²) in [6.07, 6.45) is 5.62. The van der Waals surface area contributed by atoms with Crippen LogP contribution in [-0.4, -0.2) is 45.7 Å². The Morgan fingerprint density at radius 1 is 0.964 bits per heavy atom. The minimum atomic E-state index is 0.727. The van der Waals surface area contributed by atoms with Gasteiger partial charge in [-0.1, -0.05) is 24.3 Å². The maximum Gasteiger partial charge on any atom is 0.181 e. The number of pyridine rings is 1. The highest BCUT2D eigenvalue weighted by Gasteiger charge is 2.18. The van der Waals surface area contributed by atoms with E-state index in [0.29, 0.717) is 0 Å². The molecule has 28 heavy (non-hydrogen) atoms. The van der Waals surface area contributed by atoms with Crippen LogP contribution >= 0.6 is 15.9 Å². The average molecular weight is 438 g/mol. The second-order valence-electron chi connectivity index (χ2n) is 6.93. The molecule has 3 aromatic heterocycles. The Hall–Kier alpha value is -2.51. The molecule has 4 heterocycles. The molecule has 1 aromatic carbocycles. The average Bonchev–Trinajstić information content (AvgIpc) is 3.18. The van der Waals surface area contributed by atoms with Crippen LogP contribution in [0.5, 0.6) is 0 Å². The minimum absolute atomic E-state index is 0.727. The molecule has 0 radical (unpaired) electrons. The molecule has 0 saturated carbocycles. The Bertz CT molecular complexity index is 1140. The molecular weight excluding hydrogens is 418 g/mol. The number of aryl methyl sites for hydroxylation is 2.